The van der Waals surface area contributed by atoms with Gasteiger partial charge in [-0.05, 0) is 41.5 Å². The van der Waals surface area contributed by atoms with Crippen LogP contribution in [0.15, 0.2) is 72.8 Å². The highest BCUT2D eigenvalue weighted by Crippen LogP contribution is 2.41. The number of aliphatic hydroxyl groups is 1. The van der Waals surface area contributed by atoms with E-state index >= 15 is 0 Å². The van der Waals surface area contributed by atoms with Gasteiger partial charge in [-0.2, -0.15) is 0 Å². The summed E-state index contributed by atoms with van der Waals surface area (Å²) in [6.45, 7) is 0.0923. The number of amides is 1. The van der Waals surface area contributed by atoms with Crippen LogP contribution >= 0.6 is 0 Å². The van der Waals surface area contributed by atoms with Gasteiger partial charge in [-0.1, -0.05) is 12.1 Å². The minimum Gasteiger partial charge on any atom is -0.507 e. The van der Waals surface area contributed by atoms with Crippen LogP contribution in [0.5, 0.6) is 5.75 Å². The van der Waals surface area contributed by atoms with E-state index in [0.717, 1.165) is 6.07 Å². The van der Waals surface area contributed by atoms with E-state index in [1.807, 2.05) is 0 Å². The smallest absolute Gasteiger partial charge is 0.295 e. The molecule has 0 aliphatic carbocycles. The minimum absolute atomic E-state index is 0.0178. The van der Waals surface area contributed by atoms with Crippen LogP contribution in [0.3, 0.4) is 0 Å². The van der Waals surface area contributed by atoms with Crippen molar-refractivity contribution in [2.24, 2.45) is 0 Å². The zero-order chi connectivity index (χ0) is 22.0. The maximum atomic E-state index is 13.9. The number of hydrogen-bond acceptors (Lipinski definition) is 6. The standard InChI is InChI=1S/C23H18FN3O4/c1-31-18-7-6-16(24)10-17(18)21(28)19-20(15-5-3-9-26-12-15)27(23(30)22(19)29)13-14-4-2-8-25-11-14/h2-12,20,28H,13H2,1H3/b21-19+. The molecule has 1 unspecified atom stereocenters. The maximum absolute atomic E-state index is 13.9. The Morgan fingerprint density at radius 2 is 1.87 bits per heavy atom. The van der Waals surface area contributed by atoms with Crippen molar-refractivity contribution in [3.63, 3.8) is 0 Å². The van der Waals surface area contributed by atoms with E-state index in [4.69, 9.17) is 4.74 Å². The van der Waals surface area contributed by atoms with Gasteiger partial charge >= 0.3 is 0 Å². The average Bonchev–Trinajstić information content (AvgIpc) is 3.04. The molecule has 3 heterocycles. The van der Waals surface area contributed by atoms with Crippen LogP contribution in [-0.2, 0) is 16.1 Å². The van der Waals surface area contributed by atoms with Gasteiger partial charge in [0.25, 0.3) is 11.7 Å². The Labute approximate surface area is 177 Å². The molecule has 0 saturated carbocycles. The Hall–Kier alpha value is -4.07. The molecular formula is C23H18FN3O4. The fourth-order valence-electron chi connectivity index (χ4n) is 3.63. The Morgan fingerprint density at radius 1 is 1.13 bits per heavy atom. The van der Waals surface area contributed by atoms with Gasteiger partial charge in [0.05, 0.1) is 24.3 Å². The molecule has 156 valence electrons. The van der Waals surface area contributed by atoms with Crippen LogP contribution in [0.4, 0.5) is 4.39 Å². The second-order valence-corrected chi connectivity index (χ2v) is 6.92. The van der Waals surface area contributed by atoms with E-state index in [2.05, 4.69) is 9.97 Å². The van der Waals surface area contributed by atoms with E-state index in [1.165, 1.54) is 30.3 Å². The number of rotatable bonds is 5. The van der Waals surface area contributed by atoms with Gasteiger partial charge in [-0.15, -0.1) is 0 Å². The molecule has 1 fully saturated rings. The summed E-state index contributed by atoms with van der Waals surface area (Å²) in [5.74, 6) is -2.62. The number of pyridine rings is 2. The number of nitrogens with zero attached hydrogens (tertiary/aromatic N) is 3. The number of aliphatic hydroxyl groups excluding tert-OH is 1. The zero-order valence-electron chi connectivity index (χ0n) is 16.5. The van der Waals surface area contributed by atoms with E-state index in [-0.39, 0.29) is 23.4 Å². The number of carbonyl (C=O) groups is 2. The normalized spacial score (nSPS) is 17.7. The van der Waals surface area contributed by atoms with Gasteiger partial charge in [0, 0.05) is 31.3 Å². The molecule has 8 heteroatoms. The van der Waals surface area contributed by atoms with E-state index in [9.17, 15) is 19.1 Å². The Kier molecular flexibility index (Phi) is 5.44. The van der Waals surface area contributed by atoms with Gasteiger partial charge in [0.2, 0.25) is 0 Å². The number of methoxy groups -OCH3 is 1. The number of ketones is 1. The lowest BCUT2D eigenvalue weighted by Gasteiger charge is -2.25. The SMILES string of the molecule is COc1ccc(F)cc1/C(O)=C1\C(=O)C(=O)N(Cc2cccnc2)C1c1cccnc1. The molecule has 4 rings (SSSR count). The summed E-state index contributed by atoms with van der Waals surface area (Å²) >= 11 is 0. The summed E-state index contributed by atoms with van der Waals surface area (Å²) in [7, 11) is 1.36. The first-order chi connectivity index (χ1) is 15.0. The third-order valence-corrected chi connectivity index (χ3v) is 5.03. The van der Waals surface area contributed by atoms with Crippen molar-refractivity contribution in [1.29, 1.82) is 0 Å². The summed E-state index contributed by atoms with van der Waals surface area (Å²) in [4.78, 5) is 35.4. The molecule has 1 N–H and O–H groups in total. The number of aromatic nitrogens is 2. The summed E-state index contributed by atoms with van der Waals surface area (Å²) in [5.41, 5.74) is 1.06. The zero-order valence-corrected chi connectivity index (χ0v) is 16.5. The first-order valence-electron chi connectivity index (χ1n) is 9.42. The molecule has 3 aromatic rings. The highest BCUT2D eigenvalue weighted by molar-refractivity contribution is 6.46. The molecule has 0 spiro atoms. The van der Waals surface area contributed by atoms with E-state index in [1.54, 1.807) is 42.9 Å². The second kappa shape index (κ2) is 8.35. The lowest BCUT2D eigenvalue weighted by Crippen LogP contribution is -2.29. The molecule has 1 aliphatic heterocycles. The van der Waals surface area contributed by atoms with Gasteiger partial charge < -0.3 is 14.7 Å². The highest BCUT2D eigenvalue weighted by Gasteiger charge is 2.46. The predicted octanol–water partition coefficient (Wildman–Crippen LogP) is 3.25. The Morgan fingerprint density at radius 3 is 2.52 bits per heavy atom. The molecule has 7 nitrogen and oxygen atoms in total. The topological polar surface area (TPSA) is 92.6 Å². The molecule has 1 aromatic carbocycles. The average molecular weight is 419 g/mol. The Bertz CT molecular complexity index is 1170. The molecule has 2 aromatic heterocycles. The molecule has 1 aliphatic rings. The number of Topliss-reactive ketones (excluding diaryl/α,β-unsaturated/α-hetero) is 1. The molecule has 1 amide bonds. The van der Waals surface area contributed by atoms with Crippen molar-refractivity contribution in [2.75, 3.05) is 7.11 Å². The molecule has 0 radical (unpaired) electrons. The van der Waals surface area contributed by atoms with Gasteiger partial charge in [0.15, 0.2) is 0 Å². The van der Waals surface area contributed by atoms with Crippen molar-refractivity contribution >= 4 is 17.4 Å². The largest absolute Gasteiger partial charge is 0.507 e. The van der Waals surface area contributed by atoms with Crippen LogP contribution in [-0.4, -0.2) is 38.8 Å². The van der Waals surface area contributed by atoms with Crippen molar-refractivity contribution in [3.8, 4) is 5.75 Å². The lowest BCUT2D eigenvalue weighted by molar-refractivity contribution is -0.140. The number of hydrogen-bond donors (Lipinski definition) is 1. The van der Waals surface area contributed by atoms with Crippen molar-refractivity contribution < 1.29 is 23.8 Å². The van der Waals surface area contributed by atoms with Crippen molar-refractivity contribution in [3.05, 3.63) is 95.3 Å². The summed E-state index contributed by atoms with van der Waals surface area (Å²) in [6, 6.07) is 9.54. The molecule has 31 heavy (non-hydrogen) atoms. The van der Waals surface area contributed by atoms with Gasteiger partial charge in [-0.25, -0.2) is 4.39 Å². The monoisotopic (exact) mass is 419 g/mol. The van der Waals surface area contributed by atoms with Crippen molar-refractivity contribution in [1.82, 2.24) is 14.9 Å². The number of likely N-dealkylation sites (tertiary alicyclic amines) is 1. The molecule has 0 bridgehead atoms. The predicted molar refractivity (Wildman–Crippen MR) is 109 cm³/mol. The van der Waals surface area contributed by atoms with Crippen LogP contribution < -0.4 is 4.74 Å². The molecule has 1 saturated heterocycles. The van der Waals surface area contributed by atoms with Crippen LogP contribution in [0.1, 0.15) is 22.7 Å². The number of carbonyl (C=O) groups excluding carboxylic acids is 2. The fourth-order valence-corrected chi connectivity index (χ4v) is 3.63. The second-order valence-electron chi connectivity index (χ2n) is 6.92. The highest BCUT2D eigenvalue weighted by atomic mass is 19.1. The molecule has 1 atom stereocenters. The van der Waals surface area contributed by atoms with Crippen molar-refractivity contribution in [2.45, 2.75) is 12.6 Å². The van der Waals surface area contributed by atoms with Crippen LogP contribution in [0, 0.1) is 5.82 Å². The first-order valence-corrected chi connectivity index (χ1v) is 9.42. The Balaban J connectivity index is 1.90. The summed E-state index contributed by atoms with van der Waals surface area (Å²) in [5, 5.41) is 11.1. The number of benzene rings is 1. The first kappa shape index (κ1) is 20.2. The van der Waals surface area contributed by atoms with E-state index < -0.39 is 29.3 Å². The number of ether oxygens (including phenoxy) is 1. The lowest BCUT2D eigenvalue weighted by atomic mass is 9.96. The summed E-state index contributed by atoms with van der Waals surface area (Å²) < 4.78 is 19.1. The quantitative estimate of drug-likeness (QED) is 0.388. The minimum atomic E-state index is -0.915. The maximum Gasteiger partial charge on any atom is 0.295 e. The van der Waals surface area contributed by atoms with Gasteiger partial charge in [0.1, 0.15) is 17.3 Å². The third kappa shape index (κ3) is 3.75. The van der Waals surface area contributed by atoms with E-state index in [0.29, 0.717) is 11.1 Å². The number of halogens is 1. The van der Waals surface area contributed by atoms with Crippen LogP contribution in [0.25, 0.3) is 5.76 Å². The van der Waals surface area contributed by atoms with Gasteiger partial charge in [-0.3, -0.25) is 19.6 Å². The fraction of sp³-hybridized carbons (Fsp3) is 0.130. The third-order valence-electron chi connectivity index (χ3n) is 5.03. The van der Waals surface area contributed by atoms with Crippen LogP contribution in [0.2, 0.25) is 0 Å². The molecular weight excluding hydrogens is 401 g/mol. The summed E-state index contributed by atoms with van der Waals surface area (Å²) in [6.07, 6.45) is 6.27.